The summed E-state index contributed by atoms with van der Waals surface area (Å²) in [4.78, 5) is 30.2. The summed E-state index contributed by atoms with van der Waals surface area (Å²) in [5.74, 6) is -0.0313. The van der Waals surface area contributed by atoms with Crippen molar-refractivity contribution >= 4 is 23.3 Å². The van der Waals surface area contributed by atoms with Crippen LogP contribution in [-0.2, 0) is 9.59 Å². The van der Waals surface area contributed by atoms with Gasteiger partial charge in [-0.2, -0.15) is 0 Å². The molecule has 1 N–H and O–H groups in total. The fourth-order valence-electron chi connectivity index (χ4n) is 2.52. The van der Waals surface area contributed by atoms with Crippen molar-refractivity contribution in [1.29, 1.82) is 0 Å². The Morgan fingerprint density at radius 2 is 2.00 bits per heavy atom. The topological polar surface area (TPSA) is 62.3 Å². The van der Waals surface area contributed by atoms with E-state index in [-0.39, 0.29) is 24.2 Å². The number of hydrogen-bond donors (Lipinski definition) is 1. The Balaban J connectivity index is 1.69. The molecule has 2 heterocycles. The fourth-order valence-corrected chi connectivity index (χ4v) is 2.52. The third-order valence-corrected chi connectivity index (χ3v) is 3.76. The summed E-state index contributed by atoms with van der Waals surface area (Å²) in [7, 11) is 0. The lowest BCUT2D eigenvalue weighted by molar-refractivity contribution is -0.122. The highest BCUT2D eigenvalue weighted by Gasteiger charge is 2.35. The van der Waals surface area contributed by atoms with Crippen LogP contribution in [0.15, 0.2) is 48.7 Å². The predicted molar refractivity (Wildman–Crippen MR) is 84.5 cm³/mol. The summed E-state index contributed by atoms with van der Waals surface area (Å²) in [6.07, 6.45) is 1.85. The van der Waals surface area contributed by atoms with Crippen LogP contribution in [0.1, 0.15) is 12.0 Å². The van der Waals surface area contributed by atoms with Gasteiger partial charge in [0, 0.05) is 24.8 Å². The van der Waals surface area contributed by atoms with Crippen molar-refractivity contribution in [3.8, 4) is 0 Å². The molecule has 0 radical (unpaired) electrons. The first-order valence-electron chi connectivity index (χ1n) is 7.22. The number of carbonyl (C=O) groups is 2. The summed E-state index contributed by atoms with van der Waals surface area (Å²) in [5, 5.41) is 2.76. The zero-order chi connectivity index (χ0) is 15.5. The molecule has 2 aromatic rings. The van der Waals surface area contributed by atoms with Crippen LogP contribution in [0.2, 0.25) is 0 Å². The molecule has 0 saturated carbocycles. The lowest BCUT2D eigenvalue weighted by Crippen LogP contribution is -2.28. The quantitative estimate of drug-likeness (QED) is 0.945. The zero-order valence-corrected chi connectivity index (χ0v) is 12.3. The first kappa shape index (κ1) is 14.3. The maximum absolute atomic E-state index is 12.3. The molecule has 22 heavy (non-hydrogen) atoms. The fraction of sp³-hybridized carbons (Fsp3) is 0.235. The van der Waals surface area contributed by atoms with Crippen LogP contribution in [0.4, 0.5) is 11.5 Å². The van der Waals surface area contributed by atoms with Crippen LogP contribution in [0.3, 0.4) is 0 Å². The van der Waals surface area contributed by atoms with Crippen molar-refractivity contribution in [2.45, 2.75) is 13.3 Å². The van der Waals surface area contributed by atoms with E-state index < -0.39 is 0 Å². The van der Waals surface area contributed by atoms with Gasteiger partial charge in [0.2, 0.25) is 11.8 Å². The molecule has 1 aromatic carbocycles. The Bertz CT molecular complexity index is 683. The van der Waals surface area contributed by atoms with Gasteiger partial charge in [0.15, 0.2) is 0 Å². The minimum Gasteiger partial charge on any atom is -0.312 e. The highest BCUT2D eigenvalue weighted by molar-refractivity contribution is 6.03. The standard InChI is InChI=1S/C17H17N3O2/c1-12-5-7-14(8-6-12)20-11-13(10-16(20)21)17(22)19-15-4-2-3-9-18-15/h2-9,13H,10-11H2,1H3,(H,18,19,22)/t13-/m0/s1. The molecule has 2 amide bonds. The number of aromatic nitrogens is 1. The van der Waals surface area contributed by atoms with Gasteiger partial charge in [-0.15, -0.1) is 0 Å². The molecule has 1 saturated heterocycles. The van der Waals surface area contributed by atoms with E-state index in [9.17, 15) is 9.59 Å². The minimum atomic E-state index is -0.351. The second-order valence-electron chi connectivity index (χ2n) is 5.45. The highest BCUT2D eigenvalue weighted by Crippen LogP contribution is 2.26. The molecule has 1 aliphatic rings. The molecule has 0 unspecified atom stereocenters. The van der Waals surface area contributed by atoms with Crippen LogP contribution < -0.4 is 10.2 Å². The van der Waals surface area contributed by atoms with E-state index in [1.54, 1.807) is 29.3 Å². The van der Waals surface area contributed by atoms with Crippen LogP contribution in [0, 0.1) is 12.8 Å². The average Bonchev–Trinajstić information content (AvgIpc) is 2.91. The normalized spacial score (nSPS) is 17.6. The summed E-state index contributed by atoms with van der Waals surface area (Å²) >= 11 is 0. The minimum absolute atomic E-state index is 0.0231. The Morgan fingerprint density at radius 3 is 2.68 bits per heavy atom. The largest absolute Gasteiger partial charge is 0.312 e. The molecule has 5 nitrogen and oxygen atoms in total. The zero-order valence-electron chi connectivity index (χ0n) is 12.3. The molecule has 1 aromatic heterocycles. The van der Waals surface area contributed by atoms with Gasteiger partial charge >= 0.3 is 0 Å². The molecular formula is C17H17N3O2. The number of pyridine rings is 1. The molecule has 0 bridgehead atoms. The van der Waals surface area contributed by atoms with E-state index in [1.807, 2.05) is 31.2 Å². The Labute approximate surface area is 129 Å². The van der Waals surface area contributed by atoms with E-state index in [0.29, 0.717) is 12.4 Å². The number of hydrogen-bond acceptors (Lipinski definition) is 3. The number of anilines is 2. The highest BCUT2D eigenvalue weighted by atomic mass is 16.2. The van der Waals surface area contributed by atoms with Crippen molar-refractivity contribution < 1.29 is 9.59 Å². The van der Waals surface area contributed by atoms with E-state index in [0.717, 1.165) is 11.3 Å². The van der Waals surface area contributed by atoms with Crippen LogP contribution in [-0.4, -0.2) is 23.3 Å². The number of aryl methyl sites for hydroxylation is 1. The number of benzene rings is 1. The molecule has 1 fully saturated rings. The van der Waals surface area contributed by atoms with Crippen molar-refractivity contribution in [3.05, 3.63) is 54.2 Å². The summed E-state index contributed by atoms with van der Waals surface area (Å²) in [6, 6.07) is 13.1. The maximum atomic E-state index is 12.3. The van der Waals surface area contributed by atoms with Gasteiger partial charge in [0.1, 0.15) is 5.82 Å². The van der Waals surface area contributed by atoms with E-state index in [4.69, 9.17) is 0 Å². The molecule has 3 rings (SSSR count). The Morgan fingerprint density at radius 1 is 1.23 bits per heavy atom. The van der Waals surface area contributed by atoms with E-state index in [2.05, 4.69) is 10.3 Å². The second kappa shape index (κ2) is 5.97. The number of amides is 2. The monoisotopic (exact) mass is 295 g/mol. The maximum Gasteiger partial charge on any atom is 0.230 e. The van der Waals surface area contributed by atoms with Gasteiger partial charge in [-0.3, -0.25) is 9.59 Å². The van der Waals surface area contributed by atoms with Gasteiger partial charge in [-0.25, -0.2) is 4.98 Å². The van der Waals surface area contributed by atoms with Gasteiger partial charge in [-0.1, -0.05) is 23.8 Å². The van der Waals surface area contributed by atoms with Crippen molar-refractivity contribution in [3.63, 3.8) is 0 Å². The molecule has 0 spiro atoms. The third-order valence-electron chi connectivity index (χ3n) is 3.76. The Hall–Kier alpha value is -2.69. The molecule has 5 heteroatoms. The van der Waals surface area contributed by atoms with Crippen LogP contribution >= 0.6 is 0 Å². The Kier molecular flexibility index (Phi) is 3.87. The third kappa shape index (κ3) is 2.98. The van der Waals surface area contributed by atoms with Crippen LogP contribution in [0.25, 0.3) is 0 Å². The predicted octanol–water partition coefficient (Wildman–Crippen LogP) is 2.38. The first-order chi connectivity index (χ1) is 10.6. The molecule has 112 valence electrons. The lowest BCUT2D eigenvalue weighted by Gasteiger charge is -2.16. The van der Waals surface area contributed by atoms with Crippen LogP contribution in [0.5, 0.6) is 0 Å². The molecule has 1 aliphatic heterocycles. The summed E-state index contributed by atoms with van der Waals surface area (Å²) < 4.78 is 0. The molecule has 0 aliphatic carbocycles. The van der Waals surface area contributed by atoms with E-state index >= 15 is 0 Å². The number of nitrogens with zero attached hydrogens (tertiary/aromatic N) is 2. The van der Waals surface area contributed by atoms with Crippen molar-refractivity contribution in [2.75, 3.05) is 16.8 Å². The first-order valence-corrected chi connectivity index (χ1v) is 7.22. The summed E-state index contributed by atoms with van der Waals surface area (Å²) in [6.45, 7) is 2.40. The SMILES string of the molecule is Cc1ccc(N2C[C@@H](C(=O)Nc3ccccn3)CC2=O)cc1. The summed E-state index contributed by atoms with van der Waals surface area (Å²) in [5.41, 5.74) is 1.98. The van der Waals surface area contributed by atoms with Gasteiger partial charge in [0.25, 0.3) is 0 Å². The molecule has 1 atom stereocenters. The second-order valence-corrected chi connectivity index (χ2v) is 5.45. The smallest absolute Gasteiger partial charge is 0.230 e. The molecular weight excluding hydrogens is 278 g/mol. The van der Waals surface area contributed by atoms with Crippen molar-refractivity contribution in [1.82, 2.24) is 4.98 Å². The average molecular weight is 295 g/mol. The van der Waals surface area contributed by atoms with Gasteiger partial charge in [-0.05, 0) is 31.2 Å². The number of rotatable bonds is 3. The van der Waals surface area contributed by atoms with Gasteiger partial charge < -0.3 is 10.2 Å². The van der Waals surface area contributed by atoms with Gasteiger partial charge in [0.05, 0.1) is 5.92 Å². The van der Waals surface area contributed by atoms with E-state index in [1.165, 1.54) is 0 Å². The van der Waals surface area contributed by atoms with Crippen molar-refractivity contribution in [2.24, 2.45) is 5.92 Å². The number of nitrogens with one attached hydrogen (secondary N) is 1. The lowest BCUT2D eigenvalue weighted by atomic mass is 10.1. The number of carbonyl (C=O) groups excluding carboxylic acids is 2.